The fraction of sp³-hybridized carbons (Fsp3) is 0.273. The summed E-state index contributed by atoms with van der Waals surface area (Å²) < 4.78 is 5.07. The van der Waals surface area contributed by atoms with Crippen molar-refractivity contribution in [2.45, 2.75) is 0 Å². The summed E-state index contributed by atoms with van der Waals surface area (Å²) in [6.07, 6.45) is 0. The number of thiocarbonyl (C=S) groups is 1. The fourth-order valence-corrected chi connectivity index (χ4v) is 1.10. The van der Waals surface area contributed by atoms with E-state index in [1.165, 1.54) is 6.07 Å². The number of ketones is 1. The smallest absolute Gasteiger partial charge is 0.259 e. The number of phenols is 1. The van der Waals surface area contributed by atoms with Crippen LogP contribution in [-0.2, 0) is 4.74 Å². The number of ether oxygens (including phenoxy) is 1. The SMILES string of the molecule is CN(C)C(=S)OCC(=O)c1ccccc1O. The van der Waals surface area contributed by atoms with Crippen LogP contribution in [0.25, 0.3) is 0 Å². The molecule has 4 nitrogen and oxygen atoms in total. The molecule has 86 valence electrons. The van der Waals surface area contributed by atoms with Crippen LogP contribution in [-0.4, -0.2) is 41.7 Å². The lowest BCUT2D eigenvalue weighted by atomic mass is 10.1. The van der Waals surface area contributed by atoms with Crippen molar-refractivity contribution in [2.75, 3.05) is 20.7 Å². The second kappa shape index (κ2) is 5.46. The lowest BCUT2D eigenvalue weighted by molar-refractivity contribution is 0.0902. The van der Waals surface area contributed by atoms with E-state index in [1.54, 1.807) is 37.2 Å². The summed E-state index contributed by atoms with van der Waals surface area (Å²) in [6, 6.07) is 6.33. The number of carbonyl (C=O) groups excluding carboxylic acids is 1. The first-order chi connectivity index (χ1) is 7.52. The Morgan fingerprint density at radius 2 is 2.06 bits per heavy atom. The molecule has 0 fully saturated rings. The highest BCUT2D eigenvalue weighted by Crippen LogP contribution is 2.16. The van der Waals surface area contributed by atoms with E-state index >= 15 is 0 Å². The van der Waals surface area contributed by atoms with E-state index < -0.39 is 0 Å². The van der Waals surface area contributed by atoms with E-state index in [1.807, 2.05) is 0 Å². The van der Waals surface area contributed by atoms with Crippen molar-refractivity contribution in [1.82, 2.24) is 4.90 Å². The molecule has 0 radical (unpaired) electrons. The molecule has 0 unspecified atom stereocenters. The number of hydrogen-bond acceptors (Lipinski definition) is 4. The van der Waals surface area contributed by atoms with Crippen molar-refractivity contribution >= 4 is 23.2 Å². The van der Waals surface area contributed by atoms with Gasteiger partial charge in [-0.3, -0.25) is 4.79 Å². The molecule has 16 heavy (non-hydrogen) atoms. The summed E-state index contributed by atoms with van der Waals surface area (Å²) in [7, 11) is 3.46. The van der Waals surface area contributed by atoms with Crippen LogP contribution in [0.5, 0.6) is 5.75 Å². The highest BCUT2D eigenvalue weighted by Gasteiger charge is 2.12. The number of para-hydroxylation sites is 1. The van der Waals surface area contributed by atoms with E-state index in [0.29, 0.717) is 0 Å². The number of carbonyl (C=O) groups is 1. The molecule has 0 amide bonds. The van der Waals surface area contributed by atoms with Gasteiger partial charge in [-0.25, -0.2) is 0 Å². The number of Topliss-reactive ketones (excluding diaryl/α,β-unsaturated/α-hetero) is 1. The van der Waals surface area contributed by atoms with Gasteiger partial charge in [0.25, 0.3) is 5.17 Å². The summed E-state index contributed by atoms with van der Waals surface area (Å²) in [4.78, 5) is 13.2. The molecule has 0 spiro atoms. The second-order valence-electron chi connectivity index (χ2n) is 3.39. The minimum absolute atomic E-state index is 0.0492. The fourth-order valence-electron chi connectivity index (χ4n) is 1.04. The highest BCUT2D eigenvalue weighted by atomic mass is 32.1. The molecule has 0 aliphatic heterocycles. The zero-order chi connectivity index (χ0) is 12.1. The van der Waals surface area contributed by atoms with Gasteiger partial charge in [0.2, 0.25) is 5.78 Å². The van der Waals surface area contributed by atoms with E-state index in [9.17, 15) is 9.90 Å². The Hall–Kier alpha value is -1.62. The Balaban J connectivity index is 2.60. The molecule has 0 aliphatic carbocycles. The normalized spacial score (nSPS) is 9.62. The molecule has 1 rings (SSSR count). The Morgan fingerprint density at radius 3 is 2.62 bits per heavy atom. The second-order valence-corrected chi connectivity index (χ2v) is 3.74. The predicted octanol–water partition coefficient (Wildman–Crippen LogP) is 1.44. The average Bonchev–Trinajstić information content (AvgIpc) is 2.25. The van der Waals surface area contributed by atoms with Gasteiger partial charge in [-0.2, -0.15) is 0 Å². The monoisotopic (exact) mass is 239 g/mol. The average molecular weight is 239 g/mol. The molecular weight excluding hydrogens is 226 g/mol. The summed E-state index contributed by atoms with van der Waals surface area (Å²) in [6.45, 7) is -0.172. The van der Waals surface area contributed by atoms with Crippen LogP contribution in [0.15, 0.2) is 24.3 Å². The number of benzene rings is 1. The Labute approximate surface area is 99.4 Å². The molecule has 0 bridgehead atoms. The molecule has 0 heterocycles. The number of aromatic hydroxyl groups is 1. The molecule has 1 aromatic rings. The van der Waals surface area contributed by atoms with Crippen molar-refractivity contribution in [1.29, 1.82) is 0 Å². The van der Waals surface area contributed by atoms with Crippen molar-refractivity contribution in [3.8, 4) is 5.75 Å². The largest absolute Gasteiger partial charge is 0.507 e. The van der Waals surface area contributed by atoms with Gasteiger partial charge in [0, 0.05) is 14.1 Å². The van der Waals surface area contributed by atoms with Gasteiger partial charge in [0.15, 0.2) is 6.61 Å². The summed E-state index contributed by atoms with van der Waals surface area (Å²) in [5.41, 5.74) is 0.240. The Morgan fingerprint density at radius 1 is 1.44 bits per heavy atom. The summed E-state index contributed by atoms with van der Waals surface area (Å²) >= 11 is 4.87. The maximum atomic E-state index is 11.6. The van der Waals surface area contributed by atoms with Crippen molar-refractivity contribution in [3.63, 3.8) is 0 Å². The molecule has 0 atom stereocenters. The Bertz CT molecular complexity index is 404. The van der Waals surface area contributed by atoms with Gasteiger partial charge in [0.1, 0.15) is 5.75 Å². The Kier molecular flexibility index (Phi) is 4.25. The zero-order valence-electron chi connectivity index (χ0n) is 9.14. The van der Waals surface area contributed by atoms with Crippen LogP contribution in [0, 0.1) is 0 Å². The maximum Gasteiger partial charge on any atom is 0.259 e. The van der Waals surface area contributed by atoms with Crippen LogP contribution in [0.4, 0.5) is 0 Å². The van der Waals surface area contributed by atoms with Gasteiger partial charge >= 0.3 is 0 Å². The predicted molar refractivity (Wildman–Crippen MR) is 64.7 cm³/mol. The lowest BCUT2D eigenvalue weighted by Gasteiger charge is -2.13. The molecule has 0 aliphatic rings. The van der Waals surface area contributed by atoms with E-state index in [0.717, 1.165) is 0 Å². The molecule has 5 heteroatoms. The molecule has 0 saturated carbocycles. The molecule has 1 aromatic carbocycles. The van der Waals surface area contributed by atoms with Gasteiger partial charge < -0.3 is 14.7 Å². The quantitative estimate of drug-likeness (QED) is 0.639. The third-order valence-corrected chi connectivity index (χ3v) is 2.38. The number of hydrogen-bond donors (Lipinski definition) is 1. The third kappa shape index (κ3) is 3.20. The first kappa shape index (κ1) is 12.4. The van der Waals surface area contributed by atoms with Crippen LogP contribution < -0.4 is 0 Å². The minimum Gasteiger partial charge on any atom is -0.507 e. The van der Waals surface area contributed by atoms with Crippen LogP contribution >= 0.6 is 12.2 Å². The number of phenolic OH excluding ortho intramolecular Hbond substituents is 1. The first-order valence-electron chi connectivity index (χ1n) is 4.67. The first-order valence-corrected chi connectivity index (χ1v) is 5.08. The van der Waals surface area contributed by atoms with E-state index in [-0.39, 0.29) is 28.9 Å². The third-order valence-electron chi connectivity index (χ3n) is 1.90. The molecular formula is C11H13NO3S. The summed E-state index contributed by atoms with van der Waals surface area (Å²) in [5, 5.41) is 9.68. The highest BCUT2D eigenvalue weighted by molar-refractivity contribution is 7.80. The minimum atomic E-state index is -0.303. The maximum absolute atomic E-state index is 11.6. The van der Waals surface area contributed by atoms with Gasteiger partial charge in [-0.05, 0) is 24.4 Å². The van der Waals surface area contributed by atoms with Gasteiger partial charge in [-0.1, -0.05) is 12.1 Å². The van der Waals surface area contributed by atoms with Crippen molar-refractivity contribution in [2.24, 2.45) is 0 Å². The lowest BCUT2D eigenvalue weighted by Crippen LogP contribution is -2.25. The van der Waals surface area contributed by atoms with Crippen LogP contribution in [0.2, 0.25) is 0 Å². The van der Waals surface area contributed by atoms with Gasteiger partial charge in [-0.15, -0.1) is 0 Å². The van der Waals surface area contributed by atoms with E-state index in [4.69, 9.17) is 17.0 Å². The van der Waals surface area contributed by atoms with Gasteiger partial charge in [0.05, 0.1) is 5.56 Å². The van der Waals surface area contributed by atoms with Crippen molar-refractivity contribution in [3.05, 3.63) is 29.8 Å². The standard InChI is InChI=1S/C11H13NO3S/c1-12(2)11(16)15-7-10(14)8-5-3-4-6-9(8)13/h3-6,13H,7H2,1-2H3. The number of rotatable bonds is 3. The zero-order valence-corrected chi connectivity index (χ0v) is 9.95. The van der Waals surface area contributed by atoms with E-state index in [2.05, 4.69) is 0 Å². The summed E-state index contributed by atoms with van der Waals surface area (Å²) in [5.74, 6) is -0.353. The van der Waals surface area contributed by atoms with Crippen LogP contribution in [0.1, 0.15) is 10.4 Å². The van der Waals surface area contributed by atoms with Crippen molar-refractivity contribution < 1.29 is 14.6 Å². The molecule has 0 saturated heterocycles. The van der Waals surface area contributed by atoms with Crippen LogP contribution in [0.3, 0.4) is 0 Å². The topological polar surface area (TPSA) is 49.8 Å². The number of nitrogens with zero attached hydrogens (tertiary/aromatic N) is 1. The molecule has 1 N–H and O–H groups in total. The molecule has 0 aromatic heterocycles.